The van der Waals surface area contributed by atoms with Crippen molar-refractivity contribution >= 4 is 35.0 Å². The third-order valence-corrected chi connectivity index (χ3v) is 4.07. The number of hydrogen-bond donors (Lipinski definition) is 1. The highest BCUT2D eigenvalue weighted by atomic mass is 35.5. The van der Waals surface area contributed by atoms with Gasteiger partial charge in [-0.3, -0.25) is 14.9 Å². The van der Waals surface area contributed by atoms with Gasteiger partial charge in [0.2, 0.25) is 0 Å². The van der Waals surface area contributed by atoms with E-state index in [1.165, 1.54) is 26.4 Å². The Hall–Kier alpha value is -3.57. The summed E-state index contributed by atoms with van der Waals surface area (Å²) in [5.74, 6) is -0.325. The Bertz CT molecular complexity index is 1010. The molecule has 0 aromatic heterocycles. The van der Waals surface area contributed by atoms with Crippen molar-refractivity contribution in [3.63, 3.8) is 0 Å². The lowest BCUT2D eigenvalue weighted by Crippen LogP contribution is -2.14. The van der Waals surface area contributed by atoms with Crippen molar-refractivity contribution in [2.45, 2.75) is 6.92 Å². The quantitative estimate of drug-likeness (QED) is 0.337. The van der Waals surface area contributed by atoms with Gasteiger partial charge in [-0.15, -0.1) is 0 Å². The van der Waals surface area contributed by atoms with Gasteiger partial charge < -0.3 is 14.8 Å². The molecule has 9 heteroatoms. The minimum Gasteiger partial charge on any atom is -0.493 e. The van der Waals surface area contributed by atoms with Crippen LogP contribution in [0.2, 0.25) is 5.02 Å². The van der Waals surface area contributed by atoms with E-state index in [1.54, 1.807) is 31.2 Å². The van der Waals surface area contributed by atoms with E-state index >= 15 is 0 Å². The molecule has 2 rings (SSSR count). The van der Waals surface area contributed by atoms with Gasteiger partial charge in [-0.2, -0.15) is 5.26 Å². The van der Waals surface area contributed by atoms with Crippen molar-refractivity contribution < 1.29 is 19.2 Å². The molecular weight excluding hydrogens is 386 g/mol. The average Bonchev–Trinajstić information content (AvgIpc) is 2.67. The van der Waals surface area contributed by atoms with Crippen LogP contribution in [0.5, 0.6) is 11.5 Å². The van der Waals surface area contributed by atoms with Crippen molar-refractivity contribution in [2.75, 3.05) is 19.5 Å². The molecule has 0 saturated carbocycles. The van der Waals surface area contributed by atoms with E-state index in [9.17, 15) is 20.2 Å². The Morgan fingerprint density at radius 1 is 1.25 bits per heavy atom. The molecule has 0 saturated heterocycles. The highest BCUT2D eigenvalue weighted by Gasteiger charge is 2.20. The van der Waals surface area contributed by atoms with Crippen molar-refractivity contribution in [3.8, 4) is 17.6 Å². The van der Waals surface area contributed by atoms with Gasteiger partial charge in [0, 0.05) is 10.7 Å². The number of nitro benzene ring substituents is 1. The first-order chi connectivity index (χ1) is 13.3. The van der Waals surface area contributed by atoms with Crippen LogP contribution >= 0.6 is 11.6 Å². The smallest absolute Gasteiger partial charge is 0.280 e. The molecule has 0 heterocycles. The van der Waals surface area contributed by atoms with Crippen LogP contribution in [0.15, 0.2) is 35.9 Å². The molecular formula is C19H16ClN3O5. The zero-order valence-corrected chi connectivity index (χ0v) is 16.0. The first kappa shape index (κ1) is 20.7. The lowest BCUT2D eigenvalue weighted by molar-refractivity contribution is -0.385. The highest BCUT2D eigenvalue weighted by molar-refractivity contribution is 6.30. The molecule has 0 atom stereocenters. The lowest BCUT2D eigenvalue weighted by Gasteiger charge is -2.10. The highest BCUT2D eigenvalue weighted by Crippen LogP contribution is 2.35. The van der Waals surface area contributed by atoms with E-state index in [0.717, 1.165) is 6.08 Å². The molecule has 0 spiro atoms. The Morgan fingerprint density at radius 3 is 2.43 bits per heavy atom. The van der Waals surface area contributed by atoms with Crippen LogP contribution in [0, 0.1) is 28.4 Å². The fourth-order valence-electron chi connectivity index (χ4n) is 2.42. The summed E-state index contributed by atoms with van der Waals surface area (Å²) in [6, 6.07) is 9.11. The Morgan fingerprint density at radius 2 is 1.89 bits per heavy atom. The summed E-state index contributed by atoms with van der Waals surface area (Å²) in [5, 5.41) is 23.9. The SMILES string of the molecule is COc1cc(/C=C(\C#N)C(=O)Nc2ccc(Cl)cc2C)c([N+](=O)[O-])cc1OC. The van der Waals surface area contributed by atoms with E-state index in [1.807, 2.05) is 0 Å². The van der Waals surface area contributed by atoms with Crippen LogP contribution in [0.1, 0.15) is 11.1 Å². The third-order valence-electron chi connectivity index (χ3n) is 3.83. The number of nitriles is 1. The van der Waals surface area contributed by atoms with E-state index in [0.29, 0.717) is 16.3 Å². The van der Waals surface area contributed by atoms with Gasteiger partial charge in [0.15, 0.2) is 11.5 Å². The number of nitrogens with zero attached hydrogens (tertiary/aromatic N) is 2. The number of nitro groups is 1. The summed E-state index contributed by atoms with van der Waals surface area (Å²) in [5.41, 5.74) is 0.556. The molecule has 1 N–H and O–H groups in total. The maximum Gasteiger partial charge on any atom is 0.280 e. The number of rotatable bonds is 6. The molecule has 2 aromatic carbocycles. The molecule has 0 fully saturated rings. The standard InChI is InChI=1S/C19H16ClN3O5/c1-11-6-14(20)4-5-15(11)22-19(24)13(10-21)7-12-8-17(27-2)18(28-3)9-16(12)23(25)26/h4-9H,1-3H3,(H,22,24)/b13-7+. The van der Waals surface area contributed by atoms with Gasteiger partial charge in [0.1, 0.15) is 11.6 Å². The first-order valence-corrected chi connectivity index (χ1v) is 8.28. The molecule has 0 radical (unpaired) electrons. The number of hydrogen-bond acceptors (Lipinski definition) is 6. The Labute approximate surface area is 166 Å². The van der Waals surface area contributed by atoms with Crippen LogP contribution in [0.3, 0.4) is 0 Å². The van der Waals surface area contributed by atoms with Crippen molar-refractivity contribution in [2.24, 2.45) is 0 Å². The summed E-state index contributed by atoms with van der Waals surface area (Å²) < 4.78 is 10.2. The zero-order chi connectivity index (χ0) is 20.8. The first-order valence-electron chi connectivity index (χ1n) is 7.90. The maximum absolute atomic E-state index is 12.5. The van der Waals surface area contributed by atoms with Gasteiger partial charge in [-0.25, -0.2) is 0 Å². The number of amides is 1. The van der Waals surface area contributed by atoms with E-state index in [2.05, 4.69) is 5.32 Å². The normalized spacial score (nSPS) is 10.8. The molecule has 28 heavy (non-hydrogen) atoms. The van der Waals surface area contributed by atoms with Crippen molar-refractivity contribution in [3.05, 3.63) is 62.2 Å². The molecule has 0 aliphatic heterocycles. The van der Waals surface area contributed by atoms with Gasteiger partial charge in [0.25, 0.3) is 11.6 Å². The monoisotopic (exact) mass is 401 g/mol. The van der Waals surface area contributed by atoms with Gasteiger partial charge in [0.05, 0.1) is 30.8 Å². The molecule has 144 valence electrons. The second-order valence-corrected chi connectivity index (χ2v) is 6.04. The number of carbonyl (C=O) groups is 1. The fraction of sp³-hybridized carbons (Fsp3) is 0.158. The van der Waals surface area contributed by atoms with E-state index < -0.39 is 10.8 Å². The van der Waals surface area contributed by atoms with Gasteiger partial charge in [-0.05, 0) is 42.8 Å². The molecule has 1 amide bonds. The van der Waals surface area contributed by atoms with Crippen molar-refractivity contribution in [1.82, 2.24) is 0 Å². The van der Waals surface area contributed by atoms with E-state index in [4.69, 9.17) is 21.1 Å². The summed E-state index contributed by atoms with van der Waals surface area (Å²) in [6.45, 7) is 1.75. The van der Waals surface area contributed by atoms with Gasteiger partial charge >= 0.3 is 0 Å². The zero-order valence-electron chi connectivity index (χ0n) is 15.3. The number of carbonyl (C=O) groups excluding carboxylic acids is 1. The molecule has 0 aliphatic rings. The Balaban J connectivity index is 2.46. The minimum atomic E-state index is -0.711. The average molecular weight is 402 g/mol. The summed E-state index contributed by atoms with van der Waals surface area (Å²) in [6.07, 6.45) is 1.13. The fourth-order valence-corrected chi connectivity index (χ4v) is 2.65. The van der Waals surface area contributed by atoms with Crippen LogP contribution < -0.4 is 14.8 Å². The van der Waals surface area contributed by atoms with Crippen molar-refractivity contribution in [1.29, 1.82) is 5.26 Å². The van der Waals surface area contributed by atoms with Crippen LogP contribution in [0.25, 0.3) is 6.08 Å². The summed E-state index contributed by atoms with van der Waals surface area (Å²) >= 11 is 5.89. The number of ether oxygens (including phenoxy) is 2. The number of halogens is 1. The predicted molar refractivity (Wildman–Crippen MR) is 105 cm³/mol. The molecule has 8 nitrogen and oxygen atoms in total. The predicted octanol–water partition coefficient (Wildman–Crippen LogP) is 4.12. The number of nitrogens with one attached hydrogen (secondary N) is 1. The molecule has 2 aromatic rings. The van der Waals surface area contributed by atoms with Crippen LogP contribution in [-0.2, 0) is 4.79 Å². The second-order valence-electron chi connectivity index (χ2n) is 5.61. The maximum atomic E-state index is 12.5. The molecule has 0 unspecified atom stereocenters. The number of aryl methyl sites for hydroxylation is 1. The van der Waals surface area contributed by atoms with E-state index in [-0.39, 0.29) is 28.3 Å². The third kappa shape index (κ3) is 4.58. The molecule has 0 aliphatic carbocycles. The molecule has 0 bridgehead atoms. The number of methoxy groups -OCH3 is 2. The Kier molecular flexibility index (Phi) is 6.58. The lowest BCUT2D eigenvalue weighted by atomic mass is 10.1. The topological polar surface area (TPSA) is 114 Å². The summed E-state index contributed by atoms with van der Waals surface area (Å²) in [4.78, 5) is 23.2. The van der Waals surface area contributed by atoms with Crippen LogP contribution in [0.4, 0.5) is 11.4 Å². The number of benzene rings is 2. The number of anilines is 1. The van der Waals surface area contributed by atoms with Crippen LogP contribution in [-0.4, -0.2) is 25.1 Å². The summed E-state index contributed by atoms with van der Waals surface area (Å²) in [7, 11) is 2.72. The van der Waals surface area contributed by atoms with Gasteiger partial charge in [-0.1, -0.05) is 11.6 Å². The minimum absolute atomic E-state index is 0.0298. The largest absolute Gasteiger partial charge is 0.493 e. The second kappa shape index (κ2) is 8.88.